The number of hydrogen-bond donors (Lipinski definition) is 0. The average Bonchev–Trinajstić information content (AvgIpc) is 2.55. The lowest BCUT2D eigenvalue weighted by atomic mass is 10.2. The van der Waals surface area contributed by atoms with Crippen LogP contribution in [0.25, 0.3) is 11.0 Å². The van der Waals surface area contributed by atoms with Gasteiger partial charge in [-0.1, -0.05) is 25.1 Å². The number of nitrogens with zero attached hydrogens (tertiary/aromatic N) is 4. The maximum atomic E-state index is 12.5. The van der Waals surface area contributed by atoms with Gasteiger partial charge in [-0.2, -0.15) is 0 Å². The molecule has 24 heavy (non-hydrogen) atoms. The van der Waals surface area contributed by atoms with Crippen LogP contribution in [-0.2, 0) is 25.3 Å². The SMILES string of the molecule is CCCCc1nc(S[C@@H](C)C(=O)[O-])c2c(=O)n(C)c(=O)n(C)c2n1. The molecule has 1 atom stereocenters. The van der Waals surface area contributed by atoms with Crippen LogP contribution in [0.1, 0.15) is 32.5 Å². The second kappa shape index (κ2) is 7.16. The maximum Gasteiger partial charge on any atom is 0.332 e. The van der Waals surface area contributed by atoms with Gasteiger partial charge in [0.25, 0.3) is 5.56 Å². The third-order valence-corrected chi connectivity index (χ3v) is 4.75. The molecule has 0 aliphatic heterocycles. The number of carbonyl (C=O) groups excluding carboxylic acids is 1. The van der Waals surface area contributed by atoms with E-state index in [4.69, 9.17) is 0 Å². The van der Waals surface area contributed by atoms with Crippen molar-refractivity contribution >= 4 is 28.8 Å². The molecule has 0 radical (unpaired) electrons. The molecule has 2 aromatic heterocycles. The third kappa shape index (κ3) is 3.35. The number of carboxylic acid groups (broad SMARTS) is 1. The van der Waals surface area contributed by atoms with Crippen molar-refractivity contribution < 1.29 is 9.90 Å². The molecule has 0 N–H and O–H groups in total. The van der Waals surface area contributed by atoms with Gasteiger partial charge >= 0.3 is 5.69 Å². The molecule has 130 valence electrons. The van der Waals surface area contributed by atoms with Crippen LogP contribution >= 0.6 is 11.8 Å². The number of thioether (sulfide) groups is 1. The lowest BCUT2D eigenvalue weighted by Gasteiger charge is -2.15. The minimum absolute atomic E-state index is 0.151. The van der Waals surface area contributed by atoms with Gasteiger partial charge in [0, 0.05) is 25.8 Å². The molecule has 2 rings (SSSR count). The topological polar surface area (TPSA) is 110 Å². The van der Waals surface area contributed by atoms with Crippen LogP contribution in [0.4, 0.5) is 0 Å². The molecular weight excluding hydrogens is 332 g/mol. The number of carboxylic acids is 1. The number of fused-ring (bicyclic) bond motifs is 1. The van der Waals surface area contributed by atoms with E-state index in [0.717, 1.165) is 29.2 Å². The number of hydrogen-bond acceptors (Lipinski definition) is 7. The van der Waals surface area contributed by atoms with Crippen LogP contribution in [0.15, 0.2) is 14.6 Å². The number of aryl methyl sites for hydroxylation is 2. The van der Waals surface area contributed by atoms with E-state index in [-0.39, 0.29) is 16.1 Å². The van der Waals surface area contributed by atoms with Crippen LogP contribution in [0, 0.1) is 0 Å². The smallest absolute Gasteiger partial charge is 0.332 e. The Labute approximate surface area is 142 Å². The van der Waals surface area contributed by atoms with Gasteiger partial charge in [-0.3, -0.25) is 13.9 Å². The van der Waals surface area contributed by atoms with E-state index >= 15 is 0 Å². The van der Waals surface area contributed by atoms with E-state index in [0.29, 0.717) is 12.2 Å². The van der Waals surface area contributed by atoms with Crippen molar-refractivity contribution in [3.8, 4) is 0 Å². The molecule has 2 heterocycles. The summed E-state index contributed by atoms with van der Waals surface area (Å²) < 4.78 is 2.24. The molecule has 0 unspecified atom stereocenters. The first kappa shape index (κ1) is 18.2. The molecule has 2 aromatic rings. The Morgan fingerprint density at radius 2 is 1.92 bits per heavy atom. The Kier molecular flexibility index (Phi) is 5.43. The summed E-state index contributed by atoms with van der Waals surface area (Å²) in [5.74, 6) is -0.760. The fourth-order valence-electron chi connectivity index (χ4n) is 2.22. The van der Waals surface area contributed by atoms with Gasteiger partial charge in [-0.15, -0.1) is 0 Å². The van der Waals surface area contributed by atoms with Gasteiger partial charge in [-0.25, -0.2) is 14.8 Å². The molecule has 9 heteroatoms. The van der Waals surface area contributed by atoms with E-state index in [9.17, 15) is 19.5 Å². The number of aliphatic carboxylic acids is 1. The summed E-state index contributed by atoms with van der Waals surface area (Å²) in [6.45, 7) is 3.49. The number of carbonyl (C=O) groups is 1. The Balaban J connectivity index is 2.78. The minimum atomic E-state index is -1.25. The molecule has 0 aromatic carbocycles. The van der Waals surface area contributed by atoms with Crippen LogP contribution in [0.3, 0.4) is 0 Å². The van der Waals surface area contributed by atoms with Crippen molar-refractivity contribution in [1.82, 2.24) is 19.1 Å². The van der Waals surface area contributed by atoms with Gasteiger partial charge in [-0.05, 0) is 13.3 Å². The summed E-state index contributed by atoms with van der Waals surface area (Å²) >= 11 is 0.924. The Morgan fingerprint density at radius 1 is 1.25 bits per heavy atom. The number of rotatable bonds is 6. The second-order valence-corrected chi connectivity index (χ2v) is 6.86. The molecule has 0 bridgehead atoms. The normalized spacial score (nSPS) is 12.5. The van der Waals surface area contributed by atoms with E-state index < -0.39 is 22.5 Å². The second-order valence-electron chi connectivity index (χ2n) is 5.53. The number of unbranched alkanes of at least 4 members (excludes halogenated alkanes) is 1. The van der Waals surface area contributed by atoms with Gasteiger partial charge in [0.2, 0.25) is 0 Å². The van der Waals surface area contributed by atoms with Crippen molar-refractivity contribution in [1.29, 1.82) is 0 Å². The number of aromatic nitrogens is 4. The summed E-state index contributed by atoms with van der Waals surface area (Å²) in [5, 5.41) is 10.6. The summed E-state index contributed by atoms with van der Waals surface area (Å²) in [6.07, 6.45) is 2.38. The monoisotopic (exact) mass is 351 g/mol. The first-order valence-corrected chi connectivity index (χ1v) is 8.50. The standard InChI is InChI=1S/C15H20N4O4S/c1-5-6-7-9-16-11-10(12(17-9)24-8(2)14(21)22)13(20)19(4)15(23)18(11)3/h8H,5-7H2,1-4H3,(H,21,22)/p-1/t8-/m0/s1. The van der Waals surface area contributed by atoms with Crippen molar-refractivity contribution in [3.63, 3.8) is 0 Å². The molecule has 0 saturated carbocycles. The quantitative estimate of drug-likeness (QED) is 0.514. The van der Waals surface area contributed by atoms with Crippen LogP contribution in [0.5, 0.6) is 0 Å². The Bertz CT molecular complexity index is 903. The Morgan fingerprint density at radius 3 is 2.50 bits per heavy atom. The molecule has 0 saturated heterocycles. The van der Waals surface area contributed by atoms with Gasteiger partial charge < -0.3 is 9.90 Å². The largest absolute Gasteiger partial charge is 0.549 e. The molecular formula is C15H19N4O4S-. The van der Waals surface area contributed by atoms with Crippen LogP contribution < -0.4 is 16.4 Å². The molecule has 0 aliphatic rings. The fourth-order valence-corrected chi connectivity index (χ4v) is 3.11. The molecule has 0 spiro atoms. The summed E-state index contributed by atoms with van der Waals surface area (Å²) in [4.78, 5) is 44.4. The summed E-state index contributed by atoms with van der Waals surface area (Å²) in [6, 6.07) is 0. The van der Waals surface area contributed by atoms with E-state index in [1.54, 1.807) is 0 Å². The van der Waals surface area contributed by atoms with Gasteiger partial charge in [0.1, 0.15) is 16.2 Å². The minimum Gasteiger partial charge on any atom is -0.549 e. The molecule has 0 aliphatic carbocycles. The first-order chi connectivity index (χ1) is 11.3. The summed E-state index contributed by atoms with van der Waals surface area (Å²) in [7, 11) is 2.89. The highest BCUT2D eigenvalue weighted by Crippen LogP contribution is 2.26. The lowest BCUT2D eigenvalue weighted by Crippen LogP contribution is -2.38. The zero-order chi connectivity index (χ0) is 18.0. The van der Waals surface area contributed by atoms with E-state index in [1.807, 2.05) is 6.92 Å². The zero-order valence-electron chi connectivity index (χ0n) is 14.0. The molecule has 0 amide bonds. The average molecular weight is 351 g/mol. The maximum absolute atomic E-state index is 12.5. The van der Waals surface area contributed by atoms with Crippen molar-refractivity contribution in [2.75, 3.05) is 0 Å². The van der Waals surface area contributed by atoms with Crippen molar-refractivity contribution in [2.24, 2.45) is 14.1 Å². The molecule has 0 fully saturated rings. The van der Waals surface area contributed by atoms with Crippen molar-refractivity contribution in [3.05, 3.63) is 26.7 Å². The van der Waals surface area contributed by atoms with Crippen LogP contribution in [-0.4, -0.2) is 30.3 Å². The van der Waals surface area contributed by atoms with E-state index in [2.05, 4.69) is 9.97 Å². The van der Waals surface area contributed by atoms with Gasteiger partial charge in [0.05, 0.1) is 5.97 Å². The fraction of sp³-hybridized carbons (Fsp3) is 0.533. The molecule has 8 nitrogen and oxygen atoms in total. The zero-order valence-corrected chi connectivity index (χ0v) is 14.8. The first-order valence-electron chi connectivity index (χ1n) is 7.62. The third-order valence-electron chi connectivity index (χ3n) is 3.69. The van der Waals surface area contributed by atoms with E-state index in [1.165, 1.54) is 25.6 Å². The van der Waals surface area contributed by atoms with Crippen molar-refractivity contribution in [2.45, 2.75) is 43.4 Å². The summed E-state index contributed by atoms with van der Waals surface area (Å²) in [5.41, 5.74) is -0.808. The van der Waals surface area contributed by atoms with Crippen LogP contribution in [0.2, 0.25) is 0 Å². The highest BCUT2D eigenvalue weighted by atomic mass is 32.2. The lowest BCUT2D eigenvalue weighted by molar-refractivity contribution is -0.304. The predicted molar refractivity (Wildman–Crippen MR) is 89.0 cm³/mol. The highest BCUT2D eigenvalue weighted by molar-refractivity contribution is 8.00. The highest BCUT2D eigenvalue weighted by Gasteiger charge is 2.19. The Hall–Kier alpha value is -2.16. The predicted octanol–water partition coefficient (Wildman–Crippen LogP) is -0.400. The van der Waals surface area contributed by atoms with Gasteiger partial charge in [0.15, 0.2) is 5.65 Å².